The van der Waals surface area contributed by atoms with E-state index in [1.807, 2.05) is 17.0 Å². The first kappa shape index (κ1) is 23.1. The van der Waals surface area contributed by atoms with Gasteiger partial charge in [0.1, 0.15) is 11.9 Å². The molecule has 0 aromatic heterocycles. The molecule has 0 N–H and O–H groups in total. The Hall–Kier alpha value is -3.06. The van der Waals surface area contributed by atoms with Crippen molar-refractivity contribution in [1.82, 2.24) is 9.80 Å². The molecule has 1 fully saturated rings. The van der Waals surface area contributed by atoms with Crippen LogP contribution in [0.2, 0.25) is 0 Å². The summed E-state index contributed by atoms with van der Waals surface area (Å²) in [4.78, 5) is 31.1. The van der Waals surface area contributed by atoms with Gasteiger partial charge in [-0.3, -0.25) is 9.69 Å². The molecule has 4 rings (SSSR count). The van der Waals surface area contributed by atoms with E-state index in [9.17, 15) is 9.59 Å². The fourth-order valence-electron chi connectivity index (χ4n) is 4.59. The fraction of sp³-hybridized carbons (Fsp3) is 0.462. The summed E-state index contributed by atoms with van der Waals surface area (Å²) >= 11 is 0. The van der Waals surface area contributed by atoms with Crippen LogP contribution < -0.4 is 9.64 Å². The normalized spacial score (nSPS) is 18.8. The van der Waals surface area contributed by atoms with Crippen molar-refractivity contribution < 1.29 is 19.1 Å². The zero-order chi connectivity index (χ0) is 23.4. The van der Waals surface area contributed by atoms with E-state index in [2.05, 4.69) is 41.8 Å². The largest absolute Gasteiger partial charge is 0.489 e. The van der Waals surface area contributed by atoms with E-state index < -0.39 is 0 Å². The molecule has 2 aliphatic heterocycles. The van der Waals surface area contributed by atoms with E-state index in [0.29, 0.717) is 25.1 Å². The standard InChI is InChI=1S/C26H33N3O4/c1-19-4-9-24-22(16-19)18-27(17-20(2)33-24)11-10-25(30)29-14-12-28(13-15-29)23-7-5-21(6-8-23)26(31)32-3/h4-9,16,20H,10-15,17-18H2,1-3H3. The number of esters is 1. The second kappa shape index (κ2) is 10.3. The molecule has 0 radical (unpaired) electrons. The van der Waals surface area contributed by atoms with Gasteiger partial charge >= 0.3 is 5.97 Å². The van der Waals surface area contributed by atoms with Crippen LogP contribution in [0.25, 0.3) is 0 Å². The molecule has 0 bridgehead atoms. The molecular weight excluding hydrogens is 418 g/mol. The Morgan fingerprint density at radius 1 is 1.06 bits per heavy atom. The molecule has 1 unspecified atom stereocenters. The number of carbonyl (C=O) groups excluding carboxylic acids is 2. The van der Waals surface area contributed by atoms with Crippen LogP contribution in [0.5, 0.6) is 5.75 Å². The Labute approximate surface area is 195 Å². The van der Waals surface area contributed by atoms with Crippen molar-refractivity contribution in [2.45, 2.75) is 32.9 Å². The van der Waals surface area contributed by atoms with Gasteiger partial charge in [-0.2, -0.15) is 0 Å². The van der Waals surface area contributed by atoms with Gasteiger partial charge in [0.05, 0.1) is 12.7 Å². The minimum atomic E-state index is -0.332. The van der Waals surface area contributed by atoms with Gasteiger partial charge in [-0.15, -0.1) is 0 Å². The van der Waals surface area contributed by atoms with Gasteiger partial charge in [0.25, 0.3) is 0 Å². The maximum absolute atomic E-state index is 12.9. The molecular formula is C26H33N3O4. The van der Waals surface area contributed by atoms with Gasteiger partial charge in [0.2, 0.25) is 5.91 Å². The molecule has 0 saturated carbocycles. The lowest BCUT2D eigenvalue weighted by molar-refractivity contribution is -0.131. The predicted molar refractivity (Wildman–Crippen MR) is 128 cm³/mol. The van der Waals surface area contributed by atoms with Crippen LogP contribution >= 0.6 is 0 Å². The second-order valence-electron chi connectivity index (χ2n) is 8.93. The van der Waals surface area contributed by atoms with E-state index in [0.717, 1.165) is 44.2 Å². The van der Waals surface area contributed by atoms with E-state index in [-0.39, 0.29) is 18.0 Å². The van der Waals surface area contributed by atoms with Crippen LogP contribution in [-0.2, 0) is 16.1 Å². The van der Waals surface area contributed by atoms with Crippen LogP contribution in [0.15, 0.2) is 42.5 Å². The maximum atomic E-state index is 12.9. The van der Waals surface area contributed by atoms with Gasteiger partial charge in [-0.05, 0) is 44.2 Å². The molecule has 1 saturated heterocycles. The van der Waals surface area contributed by atoms with Crippen molar-refractivity contribution in [3.63, 3.8) is 0 Å². The molecule has 1 atom stereocenters. The Bertz CT molecular complexity index is 984. The highest BCUT2D eigenvalue weighted by molar-refractivity contribution is 5.89. The van der Waals surface area contributed by atoms with Crippen molar-refractivity contribution in [2.24, 2.45) is 0 Å². The zero-order valence-electron chi connectivity index (χ0n) is 19.8. The summed E-state index contributed by atoms with van der Waals surface area (Å²) in [6.07, 6.45) is 0.611. The number of hydrogen-bond acceptors (Lipinski definition) is 6. The third-order valence-corrected chi connectivity index (χ3v) is 6.38. The summed E-state index contributed by atoms with van der Waals surface area (Å²) in [5.41, 5.74) is 4.02. The van der Waals surface area contributed by atoms with E-state index >= 15 is 0 Å². The number of piperazine rings is 1. The monoisotopic (exact) mass is 451 g/mol. The number of hydrogen-bond donors (Lipinski definition) is 0. The molecule has 2 aromatic rings. The smallest absolute Gasteiger partial charge is 0.337 e. The molecule has 7 nitrogen and oxygen atoms in total. The molecule has 7 heteroatoms. The third-order valence-electron chi connectivity index (χ3n) is 6.38. The number of nitrogens with zero attached hydrogens (tertiary/aromatic N) is 3. The Morgan fingerprint density at radius 2 is 1.79 bits per heavy atom. The minimum Gasteiger partial charge on any atom is -0.489 e. The first-order valence-corrected chi connectivity index (χ1v) is 11.6. The topological polar surface area (TPSA) is 62.3 Å². The van der Waals surface area contributed by atoms with Gasteiger partial charge in [-0.25, -0.2) is 4.79 Å². The van der Waals surface area contributed by atoms with Gasteiger partial charge < -0.3 is 19.3 Å². The summed E-state index contributed by atoms with van der Waals surface area (Å²) < 4.78 is 10.8. The van der Waals surface area contributed by atoms with Crippen LogP contribution in [0.4, 0.5) is 5.69 Å². The number of benzene rings is 2. The molecule has 2 aliphatic rings. The minimum absolute atomic E-state index is 0.0955. The number of carbonyl (C=O) groups is 2. The van der Waals surface area contributed by atoms with E-state index in [1.165, 1.54) is 18.2 Å². The Morgan fingerprint density at radius 3 is 2.48 bits per heavy atom. The quantitative estimate of drug-likeness (QED) is 0.651. The first-order chi connectivity index (χ1) is 15.9. The summed E-state index contributed by atoms with van der Waals surface area (Å²) in [7, 11) is 1.38. The first-order valence-electron chi connectivity index (χ1n) is 11.6. The van der Waals surface area contributed by atoms with E-state index in [4.69, 9.17) is 9.47 Å². The summed E-state index contributed by atoms with van der Waals surface area (Å²) in [6.45, 7) is 9.51. The lowest BCUT2D eigenvalue weighted by Crippen LogP contribution is -2.49. The SMILES string of the molecule is COC(=O)c1ccc(N2CCN(C(=O)CCN3Cc4cc(C)ccc4OC(C)C3)CC2)cc1. The molecule has 33 heavy (non-hydrogen) atoms. The van der Waals surface area contributed by atoms with Crippen molar-refractivity contribution >= 4 is 17.6 Å². The molecule has 2 aromatic carbocycles. The summed E-state index contributed by atoms with van der Waals surface area (Å²) in [6, 6.07) is 13.8. The number of amides is 1. The Balaban J connectivity index is 1.27. The van der Waals surface area contributed by atoms with Crippen molar-refractivity contribution in [2.75, 3.05) is 51.3 Å². The summed E-state index contributed by atoms with van der Waals surface area (Å²) in [5, 5.41) is 0. The average molecular weight is 452 g/mol. The Kier molecular flexibility index (Phi) is 7.18. The van der Waals surface area contributed by atoms with Crippen molar-refractivity contribution in [1.29, 1.82) is 0 Å². The van der Waals surface area contributed by atoms with Crippen LogP contribution in [0.3, 0.4) is 0 Å². The molecule has 0 spiro atoms. The highest BCUT2D eigenvalue weighted by atomic mass is 16.5. The van der Waals surface area contributed by atoms with Gasteiger partial charge in [-0.1, -0.05) is 17.7 Å². The predicted octanol–water partition coefficient (Wildman–Crippen LogP) is 3.10. The lowest BCUT2D eigenvalue weighted by Gasteiger charge is -2.36. The molecule has 2 heterocycles. The van der Waals surface area contributed by atoms with E-state index in [1.54, 1.807) is 12.1 Å². The van der Waals surface area contributed by atoms with Crippen molar-refractivity contribution in [3.8, 4) is 5.75 Å². The van der Waals surface area contributed by atoms with Gasteiger partial charge in [0, 0.05) is 63.5 Å². The third kappa shape index (κ3) is 5.66. The van der Waals surface area contributed by atoms with Crippen LogP contribution in [0, 0.1) is 6.92 Å². The van der Waals surface area contributed by atoms with Crippen LogP contribution in [0.1, 0.15) is 34.8 Å². The fourth-order valence-corrected chi connectivity index (χ4v) is 4.59. The number of aryl methyl sites for hydroxylation is 1. The molecule has 1 amide bonds. The molecule has 0 aliphatic carbocycles. The highest BCUT2D eigenvalue weighted by Crippen LogP contribution is 2.26. The number of anilines is 1. The number of methoxy groups -OCH3 is 1. The number of rotatable bonds is 5. The summed E-state index contributed by atoms with van der Waals surface area (Å²) in [5.74, 6) is 0.830. The second-order valence-corrected chi connectivity index (χ2v) is 8.93. The zero-order valence-corrected chi connectivity index (χ0v) is 19.8. The number of ether oxygens (including phenoxy) is 2. The van der Waals surface area contributed by atoms with Crippen LogP contribution in [-0.4, -0.2) is 74.2 Å². The number of fused-ring (bicyclic) bond motifs is 1. The lowest BCUT2D eigenvalue weighted by atomic mass is 10.1. The average Bonchev–Trinajstić information content (AvgIpc) is 2.99. The molecule has 176 valence electrons. The van der Waals surface area contributed by atoms with Gasteiger partial charge in [0.15, 0.2) is 0 Å². The highest BCUT2D eigenvalue weighted by Gasteiger charge is 2.24. The van der Waals surface area contributed by atoms with Crippen molar-refractivity contribution in [3.05, 3.63) is 59.2 Å². The maximum Gasteiger partial charge on any atom is 0.337 e.